The van der Waals surface area contributed by atoms with E-state index >= 15 is 0 Å². The van der Waals surface area contributed by atoms with Crippen LogP contribution in [-0.2, 0) is 22.9 Å². The van der Waals surface area contributed by atoms with Crippen LogP contribution in [0.3, 0.4) is 0 Å². The van der Waals surface area contributed by atoms with Crippen molar-refractivity contribution in [3.8, 4) is 0 Å². The lowest BCUT2D eigenvalue weighted by Gasteiger charge is -2.22. The zero-order valence-electron chi connectivity index (χ0n) is 16.0. The van der Waals surface area contributed by atoms with Gasteiger partial charge in [-0.25, -0.2) is 18.2 Å². The Morgan fingerprint density at radius 2 is 2.04 bits per heavy atom. The molecule has 8 heteroatoms. The van der Waals surface area contributed by atoms with E-state index in [0.717, 1.165) is 30.6 Å². The molecular weight excluding hydrogens is 396 g/mol. The quantitative estimate of drug-likeness (QED) is 0.662. The van der Waals surface area contributed by atoms with E-state index in [0.29, 0.717) is 36.5 Å². The van der Waals surface area contributed by atoms with Gasteiger partial charge in [-0.05, 0) is 44.1 Å². The average Bonchev–Trinajstić information content (AvgIpc) is 3.30. The van der Waals surface area contributed by atoms with E-state index in [9.17, 15) is 18.3 Å². The number of hydrogen-bond acceptors (Lipinski definition) is 5. The monoisotopic (exact) mass is 422 g/mol. The van der Waals surface area contributed by atoms with Gasteiger partial charge < -0.3 is 5.11 Å². The van der Waals surface area contributed by atoms with Crippen molar-refractivity contribution in [2.24, 2.45) is 0 Å². The molecule has 2 heterocycles. The van der Waals surface area contributed by atoms with Crippen molar-refractivity contribution in [3.63, 3.8) is 0 Å². The first-order chi connectivity index (χ1) is 13.4. The molecule has 0 spiro atoms. The second-order valence-corrected chi connectivity index (χ2v) is 10.1. The average molecular weight is 423 g/mol. The van der Waals surface area contributed by atoms with Gasteiger partial charge in [-0.3, -0.25) is 0 Å². The summed E-state index contributed by atoms with van der Waals surface area (Å²) >= 11 is 1.13. The number of carboxylic acid groups (broad SMARTS) is 1. The summed E-state index contributed by atoms with van der Waals surface area (Å²) in [6, 6.07) is 9.73. The summed E-state index contributed by atoms with van der Waals surface area (Å²) in [5, 5.41) is 10.2. The molecule has 6 nitrogen and oxygen atoms in total. The summed E-state index contributed by atoms with van der Waals surface area (Å²) in [5.74, 6) is -0.871. The van der Waals surface area contributed by atoms with Crippen molar-refractivity contribution in [2.75, 3.05) is 12.3 Å². The van der Waals surface area contributed by atoms with Crippen molar-refractivity contribution in [1.29, 1.82) is 0 Å². The van der Waals surface area contributed by atoms with E-state index in [1.165, 1.54) is 9.87 Å². The van der Waals surface area contributed by atoms with E-state index in [4.69, 9.17) is 0 Å². The lowest BCUT2D eigenvalue weighted by Crippen LogP contribution is -2.32. The van der Waals surface area contributed by atoms with Gasteiger partial charge in [-0.1, -0.05) is 37.3 Å². The van der Waals surface area contributed by atoms with Crippen molar-refractivity contribution in [1.82, 2.24) is 9.29 Å². The SMILES string of the molecule is CCCS(=O)(=O)N1CCCC1c1nc(CCCc2ccccc2)c(C(=O)O)s1. The van der Waals surface area contributed by atoms with Crippen LogP contribution < -0.4 is 0 Å². The van der Waals surface area contributed by atoms with Gasteiger partial charge in [-0.15, -0.1) is 11.3 Å². The number of thiazole rings is 1. The predicted octanol–water partition coefficient (Wildman–Crippen LogP) is 3.89. The maximum Gasteiger partial charge on any atom is 0.347 e. The van der Waals surface area contributed by atoms with Crippen molar-refractivity contribution < 1.29 is 18.3 Å². The van der Waals surface area contributed by atoms with Gasteiger partial charge in [0.15, 0.2) is 0 Å². The van der Waals surface area contributed by atoms with Crippen molar-refractivity contribution >= 4 is 27.3 Å². The molecule has 0 saturated carbocycles. The second-order valence-electron chi connectivity index (χ2n) is 7.06. The molecule has 0 radical (unpaired) electrons. The van der Waals surface area contributed by atoms with Crippen LogP contribution in [0.15, 0.2) is 30.3 Å². The fraction of sp³-hybridized carbons (Fsp3) is 0.500. The molecule has 1 fully saturated rings. The maximum atomic E-state index is 12.6. The molecule has 1 aliphatic rings. The fourth-order valence-electron chi connectivity index (χ4n) is 3.65. The summed E-state index contributed by atoms with van der Waals surface area (Å²) in [7, 11) is -3.33. The molecule has 0 aliphatic carbocycles. The summed E-state index contributed by atoms with van der Waals surface area (Å²) in [6.07, 6.45) is 4.26. The van der Waals surface area contributed by atoms with Gasteiger partial charge >= 0.3 is 5.97 Å². The normalized spacial score (nSPS) is 17.8. The van der Waals surface area contributed by atoms with Crippen LogP contribution in [-0.4, -0.2) is 41.1 Å². The molecule has 1 N–H and O–H groups in total. The first-order valence-electron chi connectivity index (χ1n) is 9.68. The number of carbonyl (C=O) groups is 1. The molecular formula is C20H26N2O4S2. The van der Waals surface area contributed by atoms with E-state index < -0.39 is 16.0 Å². The lowest BCUT2D eigenvalue weighted by atomic mass is 10.1. The van der Waals surface area contributed by atoms with E-state index in [1.807, 2.05) is 25.1 Å². The first kappa shape index (κ1) is 21.0. The molecule has 152 valence electrons. The number of nitrogens with zero attached hydrogens (tertiary/aromatic N) is 2. The number of sulfonamides is 1. The highest BCUT2D eigenvalue weighted by molar-refractivity contribution is 7.89. The molecule has 3 rings (SSSR count). The standard InChI is InChI=1S/C20H26N2O4S2/c1-2-14-28(25,26)22-13-7-12-17(22)19-21-16(18(27-19)20(23)24)11-6-10-15-8-4-3-5-9-15/h3-5,8-9,17H,2,6-7,10-14H2,1H3,(H,23,24). The minimum atomic E-state index is -3.33. The van der Waals surface area contributed by atoms with E-state index in [-0.39, 0.29) is 16.7 Å². The van der Waals surface area contributed by atoms with Gasteiger partial charge in [0.1, 0.15) is 9.88 Å². The lowest BCUT2D eigenvalue weighted by molar-refractivity contribution is 0.0700. The third-order valence-electron chi connectivity index (χ3n) is 4.94. The Morgan fingerprint density at radius 3 is 2.71 bits per heavy atom. The summed E-state index contributed by atoms with van der Waals surface area (Å²) in [6.45, 7) is 2.33. The molecule has 1 saturated heterocycles. The minimum Gasteiger partial charge on any atom is -0.477 e. The third-order valence-corrected chi connectivity index (χ3v) is 8.20. The smallest absolute Gasteiger partial charge is 0.347 e. The molecule has 0 amide bonds. The molecule has 1 aromatic carbocycles. The van der Waals surface area contributed by atoms with Crippen LogP contribution in [0.4, 0.5) is 0 Å². The molecule has 2 aromatic rings. The Labute approximate surface area is 170 Å². The summed E-state index contributed by atoms with van der Waals surface area (Å²) < 4.78 is 26.6. The number of aromatic carboxylic acids is 1. The molecule has 1 aromatic heterocycles. The number of aromatic nitrogens is 1. The zero-order valence-corrected chi connectivity index (χ0v) is 17.6. The minimum absolute atomic E-state index is 0.116. The van der Waals surface area contributed by atoms with E-state index in [2.05, 4.69) is 17.1 Å². The van der Waals surface area contributed by atoms with Crippen LogP contribution >= 0.6 is 11.3 Å². The Kier molecular flexibility index (Phi) is 6.85. The number of aryl methyl sites for hydroxylation is 2. The fourth-order valence-corrected chi connectivity index (χ4v) is 6.57. The van der Waals surface area contributed by atoms with Crippen LogP contribution in [0.5, 0.6) is 0 Å². The third kappa shape index (κ3) is 4.79. The van der Waals surface area contributed by atoms with Gasteiger partial charge in [0, 0.05) is 6.54 Å². The number of hydrogen-bond donors (Lipinski definition) is 1. The van der Waals surface area contributed by atoms with Crippen LogP contribution in [0.1, 0.15) is 64.6 Å². The summed E-state index contributed by atoms with van der Waals surface area (Å²) in [5.41, 5.74) is 1.78. The Balaban J connectivity index is 1.77. The highest BCUT2D eigenvalue weighted by atomic mass is 32.2. The topological polar surface area (TPSA) is 87.6 Å². The van der Waals surface area contributed by atoms with Gasteiger partial charge in [0.2, 0.25) is 10.0 Å². The Bertz CT molecular complexity index is 910. The first-order valence-corrected chi connectivity index (χ1v) is 12.1. The molecule has 0 bridgehead atoms. The van der Waals surface area contributed by atoms with Crippen molar-refractivity contribution in [3.05, 3.63) is 51.5 Å². The number of rotatable bonds is 9. The van der Waals surface area contributed by atoms with Gasteiger partial charge in [0.05, 0.1) is 17.5 Å². The number of benzene rings is 1. The second kappa shape index (κ2) is 9.15. The maximum absolute atomic E-state index is 12.6. The Morgan fingerprint density at radius 1 is 1.29 bits per heavy atom. The molecule has 28 heavy (non-hydrogen) atoms. The van der Waals surface area contributed by atoms with Gasteiger partial charge in [0.25, 0.3) is 0 Å². The highest BCUT2D eigenvalue weighted by Crippen LogP contribution is 2.37. The zero-order chi connectivity index (χ0) is 20.1. The molecule has 1 atom stereocenters. The Hall–Kier alpha value is -1.77. The van der Waals surface area contributed by atoms with Crippen LogP contribution in [0, 0.1) is 0 Å². The number of carboxylic acids is 1. The van der Waals surface area contributed by atoms with Gasteiger partial charge in [-0.2, -0.15) is 4.31 Å². The summed E-state index contributed by atoms with van der Waals surface area (Å²) in [4.78, 5) is 16.5. The predicted molar refractivity (Wildman–Crippen MR) is 110 cm³/mol. The van der Waals surface area contributed by atoms with Crippen molar-refractivity contribution in [2.45, 2.75) is 51.5 Å². The van der Waals surface area contributed by atoms with E-state index in [1.54, 1.807) is 0 Å². The molecule has 1 unspecified atom stereocenters. The van der Waals surface area contributed by atoms with Crippen LogP contribution in [0.2, 0.25) is 0 Å². The largest absolute Gasteiger partial charge is 0.477 e. The molecule has 1 aliphatic heterocycles. The van der Waals surface area contributed by atoms with Crippen LogP contribution in [0.25, 0.3) is 0 Å². The highest BCUT2D eigenvalue weighted by Gasteiger charge is 2.37.